The van der Waals surface area contributed by atoms with E-state index in [2.05, 4.69) is 19.2 Å². The van der Waals surface area contributed by atoms with E-state index in [0.717, 1.165) is 38.5 Å². The lowest BCUT2D eigenvalue weighted by atomic mass is 10.0. The summed E-state index contributed by atoms with van der Waals surface area (Å²) in [4.78, 5) is 24.6. The Kier molecular flexibility index (Phi) is 74.3. The number of carbonyl (C=O) groups excluding carboxylic acids is 2. The van der Waals surface area contributed by atoms with Gasteiger partial charge >= 0.3 is 5.97 Å². The molecule has 6 nitrogen and oxygen atoms in total. The van der Waals surface area contributed by atoms with Crippen LogP contribution in [0, 0.1) is 0 Å². The van der Waals surface area contributed by atoms with Gasteiger partial charge in [0.2, 0.25) is 5.91 Å². The number of aliphatic hydroxyl groups is 2. The maximum absolute atomic E-state index is 12.5. The second kappa shape index (κ2) is 75.3. The SMILES string of the molecule is CCCCCCCCCCCCCCCCCCCCC(O)C(CO)NC(=O)CCCCCCCCCCCCCCCCCCCCCCCCCCCCCCCCCCCCCCCOC(=O)CCCCCCCCCCCCCCC. The third kappa shape index (κ3) is 71.8. The number of esters is 1. The lowest BCUT2D eigenvalue weighted by molar-refractivity contribution is -0.143. The van der Waals surface area contributed by atoms with Crippen LogP contribution in [0.4, 0.5) is 0 Å². The molecule has 85 heavy (non-hydrogen) atoms. The highest BCUT2D eigenvalue weighted by Gasteiger charge is 2.20. The predicted octanol–water partition coefficient (Wildman–Crippen LogP) is 26.1. The molecule has 6 heteroatoms. The van der Waals surface area contributed by atoms with Crippen LogP contribution in [0.2, 0.25) is 0 Å². The van der Waals surface area contributed by atoms with Gasteiger partial charge in [-0.25, -0.2) is 0 Å². The Labute approximate surface area is 534 Å². The first-order valence-electron chi connectivity index (χ1n) is 39.8. The zero-order valence-electron chi connectivity index (χ0n) is 58.4. The smallest absolute Gasteiger partial charge is 0.305 e. The molecule has 0 fully saturated rings. The van der Waals surface area contributed by atoms with Crippen LogP contribution in [-0.4, -0.2) is 47.4 Å². The van der Waals surface area contributed by atoms with Crippen molar-refractivity contribution in [3.63, 3.8) is 0 Å². The zero-order chi connectivity index (χ0) is 61.3. The topological polar surface area (TPSA) is 95.9 Å². The van der Waals surface area contributed by atoms with E-state index in [1.807, 2.05) is 0 Å². The molecular formula is C79H157NO5. The minimum absolute atomic E-state index is 0.0239. The van der Waals surface area contributed by atoms with Crippen LogP contribution in [0.25, 0.3) is 0 Å². The molecule has 0 saturated carbocycles. The predicted molar refractivity (Wildman–Crippen MR) is 375 cm³/mol. The van der Waals surface area contributed by atoms with Gasteiger partial charge in [-0.1, -0.05) is 431 Å². The molecule has 3 N–H and O–H groups in total. The van der Waals surface area contributed by atoms with E-state index < -0.39 is 12.1 Å². The van der Waals surface area contributed by atoms with Gasteiger partial charge in [-0.05, 0) is 25.7 Å². The Hall–Kier alpha value is -1.14. The van der Waals surface area contributed by atoms with Crippen LogP contribution in [0.5, 0.6) is 0 Å². The first-order chi connectivity index (χ1) is 42.0. The molecular weight excluding hydrogens is 1040 g/mol. The third-order valence-electron chi connectivity index (χ3n) is 19.2. The van der Waals surface area contributed by atoms with Crippen molar-refractivity contribution in [2.24, 2.45) is 0 Å². The van der Waals surface area contributed by atoms with Gasteiger partial charge in [0.1, 0.15) is 0 Å². The van der Waals surface area contributed by atoms with E-state index in [-0.39, 0.29) is 18.5 Å². The summed E-state index contributed by atoms with van der Waals surface area (Å²) < 4.78 is 5.50. The molecule has 1 amide bonds. The van der Waals surface area contributed by atoms with E-state index in [1.165, 1.54) is 398 Å². The number of amides is 1. The Morgan fingerprint density at radius 1 is 0.282 bits per heavy atom. The van der Waals surface area contributed by atoms with Gasteiger partial charge in [-0.2, -0.15) is 0 Å². The summed E-state index contributed by atoms with van der Waals surface area (Å²) in [5, 5.41) is 23.4. The summed E-state index contributed by atoms with van der Waals surface area (Å²) in [6, 6.07) is -0.536. The Morgan fingerprint density at radius 3 is 0.718 bits per heavy atom. The summed E-state index contributed by atoms with van der Waals surface area (Å²) in [6.45, 7) is 5.01. The molecule has 0 bridgehead atoms. The number of hydrogen-bond donors (Lipinski definition) is 3. The van der Waals surface area contributed by atoms with Crippen LogP contribution in [0.3, 0.4) is 0 Å². The summed E-state index contributed by atoms with van der Waals surface area (Å²) in [6.07, 6.45) is 93.5. The third-order valence-corrected chi connectivity index (χ3v) is 19.2. The second-order valence-electron chi connectivity index (χ2n) is 27.8. The van der Waals surface area contributed by atoms with Crippen LogP contribution in [-0.2, 0) is 14.3 Å². The van der Waals surface area contributed by atoms with Crippen molar-refractivity contribution in [3.05, 3.63) is 0 Å². The molecule has 0 aliphatic carbocycles. The first kappa shape index (κ1) is 83.9. The number of aliphatic hydroxyl groups excluding tert-OH is 2. The average molecular weight is 1200 g/mol. The van der Waals surface area contributed by atoms with Crippen molar-refractivity contribution >= 4 is 11.9 Å². The molecule has 0 rings (SSSR count). The molecule has 0 aliphatic heterocycles. The van der Waals surface area contributed by atoms with Gasteiger partial charge < -0.3 is 20.3 Å². The number of hydrogen-bond acceptors (Lipinski definition) is 5. The van der Waals surface area contributed by atoms with Crippen molar-refractivity contribution in [3.8, 4) is 0 Å². The number of nitrogens with one attached hydrogen (secondary N) is 1. The van der Waals surface area contributed by atoms with E-state index in [0.29, 0.717) is 25.9 Å². The van der Waals surface area contributed by atoms with Crippen LogP contribution in [0.15, 0.2) is 0 Å². The molecule has 0 aromatic rings. The van der Waals surface area contributed by atoms with Gasteiger partial charge in [-0.3, -0.25) is 9.59 Å². The van der Waals surface area contributed by atoms with Gasteiger partial charge in [0, 0.05) is 12.8 Å². The fourth-order valence-electron chi connectivity index (χ4n) is 13.1. The van der Waals surface area contributed by atoms with Crippen molar-refractivity contribution in [2.45, 2.75) is 482 Å². The van der Waals surface area contributed by atoms with E-state index in [1.54, 1.807) is 0 Å². The van der Waals surface area contributed by atoms with Crippen molar-refractivity contribution in [2.75, 3.05) is 13.2 Å². The maximum atomic E-state index is 12.5. The van der Waals surface area contributed by atoms with Gasteiger partial charge in [-0.15, -0.1) is 0 Å². The zero-order valence-corrected chi connectivity index (χ0v) is 58.4. The van der Waals surface area contributed by atoms with Gasteiger partial charge in [0.05, 0.1) is 25.4 Å². The molecule has 0 aromatic heterocycles. The van der Waals surface area contributed by atoms with Gasteiger partial charge in [0.25, 0.3) is 0 Å². The summed E-state index contributed by atoms with van der Waals surface area (Å²) in [5.41, 5.74) is 0. The Morgan fingerprint density at radius 2 is 0.482 bits per heavy atom. The fraction of sp³-hybridized carbons (Fsp3) is 0.975. The van der Waals surface area contributed by atoms with E-state index >= 15 is 0 Å². The Balaban J connectivity index is 3.29. The largest absolute Gasteiger partial charge is 0.466 e. The van der Waals surface area contributed by atoms with Gasteiger partial charge in [0.15, 0.2) is 0 Å². The summed E-state index contributed by atoms with van der Waals surface area (Å²) in [5.74, 6) is 0.00234. The number of carbonyl (C=O) groups is 2. The van der Waals surface area contributed by atoms with Crippen molar-refractivity contribution in [1.29, 1.82) is 0 Å². The molecule has 0 aliphatic rings. The van der Waals surface area contributed by atoms with E-state index in [9.17, 15) is 19.8 Å². The molecule has 0 aromatic carbocycles. The highest BCUT2D eigenvalue weighted by molar-refractivity contribution is 5.76. The standard InChI is InChI=1S/C79H157NO5/c1-3-5-7-9-11-13-15-17-18-19-41-44-48-51-55-59-63-67-71-77(82)76(75-81)80-78(83)72-68-64-60-56-52-49-45-42-39-37-35-33-31-29-27-25-23-21-20-22-24-26-28-30-32-34-36-38-40-43-46-50-54-58-62-66-70-74-85-79(84)73-69-65-61-57-53-47-16-14-12-10-8-6-4-2/h76-77,81-82H,3-75H2,1-2H3,(H,80,83). The molecule has 0 saturated heterocycles. The summed E-state index contributed by atoms with van der Waals surface area (Å²) >= 11 is 0. The van der Waals surface area contributed by atoms with Crippen LogP contribution >= 0.6 is 0 Å². The first-order valence-corrected chi connectivity index (χ1v) is 39.8. The van der Waals surface area contributed by atoms with Crippen molar-refractivity contribution in [1.82, 2.24) is 5.32 Å². The molecule has 508 valence electrons. The number of ether oxygens (including phenoxy) is 1. The molecule has 0 spiro atoms. The van der Waals surface area contributed by atoms with E-state index in [4.69, 9.17) is 4.74 Å². The quantitative estimate of drug-likeness (QED) is 0.0417. The van der Waals surface area contributed by atoms with Crippen LogP contribution < -0.4 is 5.32 Å². The lowest BCUT2D eigenvalue weighted by Gasteiger charge is -2.22. The fourth-order valence-corrected chi connectivity index (χ4v) is 13.1. The number of rotatable bonds is 76. The molecule has 0 radical (unpaired) electrons. The highest BCUT2D eigenvalue weighted by Crippen LogP contribution is 2.21. The molecule has 2 atom stereocenters. The average Bonchev–Trinajstić information content (AvgIpc) is 3.54. The minimum Gasteiger partial charge on any atom is -0.466 e. The molecule has 0 heterocycles. The van der Waals surface area contributed by atoms with Crippen LogP contribution in [0.1, 0.15) is 470 Å². The minimum atomic E-state index is -0.660. The maximum Gasteiger partial charge on any atom is 0.305 e. The monoisotopic (exact) mass is 1200 g/mol. The number of unbranched alkanes of at least 4 members (excludes halogenated alkanes) is 65. The second-order valence-corrected chi connectivity index (χ2v) is 27.8. The normalized spacial score (nSPS) is 12.4. The lowest BCUT2D eigenvalue weighted by Crippen LogP contribution is -2.45. The molecule has 2 unspecified atom stereocenters. The highest BCUT2D eigenvalue weighted by atomic mass is 16.5. The van der Waals surface area contributed by atoms with Crippen molar-refractivity contribution < 1.29 is 24.5 Å². The Bertz CT molecular complexity index is 1240. The summed E-state index contributed by atoms with van der Waals surface area (Å²) in [7, 11) is 0.